The number of rotatable bonds is 7. The van der Waals surface area contributed by atoms with Crippen LogP contribution in [0.5, 0.6) is 0 Å². The lowest BCUT2D eigenvalue weighted by Gasteiger charge is -2.15. The third kappa shape index (κ3) is 4.82. The van der Waals surface area contributed by atoms with Crippen molar-refractivity contribution >= 4 is 29.1 Å². The van der Waals surface area contributed by atoms with Crippen LogP contribution in [0.4, 0.5) is 0 Å². The molecule has 0 bridgehead atoms. The lowest BCUT2D eigenvalue weighted by atomic mass is 10.1. The van der Waals surface area contributed by atoms with Crippen LogP contribution >= 0.6 is 11.8 Å². The van der Waals surface area contributed by atoms with Crippen LogP contribution in [0.15, 0.2) is 70.9 Å². The van der Waals surface area contributed by atoms with Crippen molar-refractivity contribution in [2.45, 2.75) is 38.0 Å². The summed E-state index contributed by atoms with van der Waals surface area (Å²) in [6.45, 7) is 2.68. The molecule has 1 aliphatic heterocycles. The standard InChI is InChI=1S/C21H23N3OS/c1-2-3-14-19-20(25)24(16-18-12-8-5-9-13-18)21(26-19)23-22-15-17-10-6-4-7-11-17/h4-13,15,19H,2-3,14,16H2,1H3/b22-15-,23-21+/t19-/m1/s1. The number of amidine groups is 1. The van der Waals surface area contributed by atoms with Gasteiger partial charge in [0.2, 0.25) is 5.91 Å². The number of hydrogen-bond acceptors (Lipinski definition) is 4. The first-order valence-corrected chi connectivity index (χ1v) is 9.84. The molecule has 5 heteroatoms. The highest BCUT2D eigenvalue weighted by molar-refractivity contribution is 8.15. The van der Waals surface area contributed by atoms with Gasteiger partial charge >= 0.3 is 0 Å². The van der Waals surface area contributed by atoms with Crippen molar-refractivity contribution in [1.29, 1.82) is 0 Å². The fraction of sp³-hybridized carbons (Fsp3) is 0.286. The van der Waals surface area contributed by atoms with E-state index in [1.165, 1.54) is 11.8 Å². The van der Waals surface area contributed by atoms with Crippen molar-refractivity contribution in [2.75, 3.05) is 0 Å². The Labute approximate surface area is 159 Å². The molecular formula is C21H23N3OS. The first-order valence-electron chi connectivity index (χ1n) is 8.96. The largest absolute Gasteiger partial charge is 0.284 e. The summed E-state index contributed by atoms with van der Waals surface area (Å²) in [6.07, 6.45) is 4.73. The molecule has 2 aromatic rings. The fourth-order valence-electron chi connectivity index (χ4n) is 2.75. The monoisotopic (exact) mass is 365 g/mol. The van der Waals surface area contributed by atoms with Crippen LogP contribution in [-0.4, -0.2) is 27.4 Å². The molecular weight excluding hydrogens is 342 g/mol. The minimum absolute atomic E-state index is 0.0515. The number of carbonyl (C=O) groups excluding carboxylic acids is 1. The van der Waals surface area contributed by atoms with Crippen molar-refractivity contribution in [3.63, 3.8) is 0 Å². The highest BCUT2D eigenvalue weighted by Crippen LogP contribution is 2.32. The van der Waals surface area contributed by atoms with Gasteiger partial charge in [-0.25, -0.2) is 0 Å². The van der Waals surface area contributed by atoms with E-state index in [0.717, 1.165) is 30.4 Å². The lowest BCUT2D eigenvalue weighted by Crippen LogP contribution is -2.31. The summed E-state index contributed by atoms with van der Waals surface area (Å²) in [5, 5.41) is 9.21. The van der Waals surface area contributed by atoms with Gasteiger partial charge in [0, 0.05) is 0 Å². The van der Waals surface area contributed by atoms with Gasteiger partial charge in [0.05, 0.1) is 18.0 Å². The maximum absolute atomic E-state index is 12.8. The topological polar surface area (TPSA) is 45.0 Å². The number of nitrogens with zero attached hydrogens (tertiary/aromatic N) is 3. The highest BCUT2D eigenvalue weighted by Gasteiger charge is 2.37. The number of benzene rings is 2. The molecule has 1 saturated heterocycles. The zero-order valence-electron chi connectivity index (χ0n) is 14.9. The van der Waals surface area contributed by atoms with E-state index >= 15 is 0 Å². The summed E-state index contributed by atoms with van der Waals surface area (Å²) in [4.78, 5) is 14.6. The molecule has 26 heavy (non-hydrogen) atoms. The maximum atomic E-state index is 12.8. The molecule has 4 nitrogen and oxygen atoms in total. The Morgan fingerprint density at radius 3 is 2.46 bits per heavy atom. The smallest absolute Gasteiger partial charge is 0.242 e. The van der Waals surface area contributed by atoms with Gasteiger partial charge in [-0.3, -0.25) is 9.69 Å². The minimum atomic E-state index is -0.0515. The van der Waals surface area contributed by atoms with Crippen LogP contribution in [-0.2, 0) is 11.3 Å². The Morgan fingerprint density at radius 2 is 1.77 bits per heavy atom. The van der Waals surface area contributed by atoms with E-state index in [-0.39, 0.29) is 11.2 Å². The predicted molar refractivity (Wildman–Crippen MR) is 109 cm³/mol. The van der Waals surface area contributed by atoms with Crippen molar-refractivity contribution in [3.8, 4) is 0 Å². The third-order valence-corrected chi connectivity index (χ3v) is 5.41. The molecule has 1 aliphatic rings. The van der Waals surface area contributed by atoms with Gasteiger partial charge in [-0.15, -0.1) is 5.10 Å². The molecule has 0 radical (unpaired) electrons. The third-order valence-electron chi connectivity index (χ3n) is 4.17. The molecule has 2 aromatic carbocycles. The Hall–Kier alpha value is -2.40. The van der Waals surface area contributed by atoms with E-state index in [4.69, 9.17) is 0 Å². The highest BCUT2D eigenvalue weighted by atomic mass is 32.2. The number of thioether (sulfide) groups is 1. The van der Waals surface area contributed by atoms with Gasteiger partial charge in [-0.05, 0) is 17.5 Å². The van der Waals surface area contributed by atoms with E-state index in [9.17, 15) is 4.79 Å². The summed E-state index contributed by atoms with van der Waals surface area (Å²) in [5.41, 5.74) is 2.08. The molecule has 1 atom stereocenters. The summed E-state index contributed by atoms with van der Waals surface area (Å²) >= 11 is 1.53. The van der Waals surface area contributed by atoms with Crippen molar-refractivity contribution in [3.05, 3.63) is 71.8 Å². The number of amides is 1. The van der Waals surface area contributed by atoms with Crippen LogP contribution < -0.4 is 0 Å². The Bertz CT molecular complexity index is 774. The first kappa shape index (κ1) is 18.4. The Kier molecular flexibility index (Phi) is 6.61. The van der Waals surface area contributed by atoms with Crippen molar-refractivity contribution in [2.24, 2.45) is 10.2 Å². The van der Waals surface area contributed by atoms with Crippen molar-refractivity contribution in [1.82, 2.24) is 4.90 Å². The summed E-state index contributed by atoms with van der Waals surface area (Å²) in [6, 6.07) is 19.9. The Balaban J connectivity index is 1.78. The lowest BCUT2D eigenvalue weighted by molar-refractivity contribution is -0.126. The van der Waals surface area contributed by atoms with Crippen LogP contribution in [0.3, 0.4) is 0 Å². The Morgan fingerprint density at radius 1 is 1.08 bits per heavy atom. The molecule has 3 rings (SSSR count). The second kappa shape index (κ2) is 9.34. The molecule has 0 spiro atoms. The zero-order chi connectivity index (χ0) is 18.2. The first-order chi connectivity index (χ1) is 12.8. The van der Waals surface area contributed by atoms with Gasteiger partial charge in [0.1, 0.15) is 0 Å². The van der Waals surface area contributed by atoms with Gasteiger partial charge in [-0.1, -0.05) is 92.2 Å². The minimum Gasteiger partial charge on any atom is -0.284 e. The van der Waals surface area contributed by atoms with E-state index in [1.807, 2.05) is 60.7 Å². The molecule has 1 amide bonds. The maximum Gasteiger partial charge on any atom is 0.242 e. The average Bonchev–Trinajstić information content (AvgIpc) is 2.97. The molecule has 0 aromatic heterocycles. The van der Waals surface area contributed by atoms with E-state index in [0.29, 0.717) is 11.7 Å². The fourth-order valence-corrected chi connectivity index (χ4v) is 3.90. The zero-order valence-corrected chi connectivity index (χ0v) is 15.7. The van der Waals surface area contributed by atoms with E-state index in [1.54, 1.807) is 11.1 Å². The van der Waals surface area contributed by atoms with Crippen LogP contribution in [0.25, 0.3) is 0 Å². The average molecular weight is 366 g/mol. The second-order valence-electron chi connectivity index (χ2n) is 6.20. The summed E-state index contributed by atoms with van der Waals surface area (Å²) < 4.78 is 0. The number of carbonyl (C=O) groups is 1. The molecule has 1 heterocycles. The predicted octanol–water partition coefficient (Wildman–Crippen LogP) is 4.71. The van der Waals surface area contributed by atoms with E-state index < -0.39 is 0 Å². The summed E-state index contributed by atoms with van der Waals surface area (Å²) in [5.74, 6) is 0.140. The SMILES string of the molecule is CCCC[C@H]1S/C(=N/N=C\c2ccccc2)N(Cc2ccccc2)C1=O. The molecule has 0 unspecified atom stereocenters. The quantitative estimate of drug-likeness (QED) is 0.527. The molecule has 0 aliphatic carbocycles. The molecule has 0 saturated carbocycles. The van der Waals surface area contributed by atoms with E-state index in [2.05, 4.69) is 17.1 Å². The van der Waals surface area contributed by atoms with Crippen LogP contribution in [0.1, 0.15) is 37.3 Å². The molecule has 1 fully saturated rings. The van der Waals surface area contributed by atoms with Gasteiger partial charge in [-0.2, -0.15) is 5.10 Å². The van der Waals surface area contributed by atoms with Gasteiger partial charge in [0.15, 0.2) is 5.17 Å². The summed E-state index contributed by atoms with van der Waals surface area (Å²) in [7, 11) is 0. The van der Waals surface area contributed by atoms with Gasteiger partial charge < -0.3 is 0 Å². The van der Waals surface area contributed by atoms with Crippen LogP contribution in [0.2, 0.25) is 0 Å². The van der Waals surface area contributed by atoms with Crippen molar-refractivity contribution < 1.29 is 4.79 Å². The van der Waals surface area contributed by atoms with Crippen LogP contribution in [0, 0.1) is 0 Å². The molecule has 134 valence electrons. The second-order valence-corrected chi connectivity index (χ2v) is 7.37. The normalized spacial score (nSPS) is 19.0. The number of unbranched alkanes of at least 4 members (excludes halogenated alkanes) is 1. The van der Waals surface area contributed by atoms with Gasteiger partial charge in [0.25, 0.3) is 0 Å². The molecule has 0 N–H and O–H groups in total. The number of hydrogen-bond donors (Lipinski definition) is 0.